The van der Waals surface area contributed by atoms with E-state index in [1.807, 2.05) is 48.5 Å². The van der Waals surface area contributed by atoms with Crippen LogP contribution >= 0.6 is 0 Å². The van der Waals surface area contributed by atoms with E-state index in [0.29, 0.717) is 11.5 Å². The van der Waals surface area contributed by atoms with Gasteiger partial charge in [0.15, 0.2) is 0 Å². The summed E-state index contributed by atoms with van der Waals surface area (Å²) in [5, 5.41) is 10.8. The lowest BCUT2D eigenvalue weighted by Gasteiger charge is -2.15. The molecule has 0 bridgehead atoms. The third kappa shape index (κ3) is 4.40. The summed E-state index contributed by atoms with van der Waals surface area (Å²) in [6.07, 6.45) is 5.50. The van der Waals surface area contributed by atoms with E-state index in [4.69, 9.17) is 4.42 Å². The van der Waals surface area contributed by atoms with Gasteiger partial charge in [-0.05, 0) is 78.6 Å². The zero-order valence-electron chi connectivity index (χ0n) is 17.2. The molecule has 0 unspecified atom stereocenters. The van der Waals surface area contributed by atoms with Gasteiger partial charge in [0.05, 0.1) is 0 Å². The minimum Gasteiger partial charge on any atom is -0.403 e. The molecule has 1 aliphatic carbocycles. The Bertz CT molecular complexity index is 1200. The smallest absolute Gasteiger partial charge is 0.322 e. The molecular weight excluding hydrogens is 386 g/mol. The molecule has 5 nitrogen and oxygen atoms in total. The van der Waals surface area contributed by atoms with Crippen LogP contribution < -0.4 is 5.32 Å². The van der Waals surface area contributed by atoms with Gasteiger partial charge in [0, 0.05) is 11.1 Å². The monoisotopic (exact) mass is 409 g/mol. The molecule has 1 heterocycles. The minimum absolute atomic E-state index is 0.103. The van der Waals surface area contributed by atoms with Crippen molar-refractivity contribution in [2.75, 3.05) is 5.32 Å². The number of amides is 1. The molecule has 154 valence electrons. The van der Waals surface area contributed by atoms with Crippen molar-refractivity contribution in [3.05, 3.63) is 101 Å². The number of aryl methyl sites for hydroxylation is 2. The zero-order chi connectivity index (χ0) is 21.0. The minimum atomic E-state index is -0.271. The maximum atomic E-state index is 12.6. The van der Waals surface area contributed by atoms with Gasteiger partial charge in [-0.1, -0.05) is 53.6 Å². The van der Waals surface area contributed by atoms with Gasteiger partial charge >= 0.3 is 6.01 Å². The van der Waals surface area contributed by atoms with Crippen LogP contribution in [0.25, 0.3) is 11.5 Å². The van der Waals surface area contributed by atoms with Gasteiger partial charge in [0.25, 0.3) is 5.91 Å². The van der Waals surface area contributed by atoms with Crippen molar-refractivity contribution in [3.63, 3.8) is 0 Å². The number of nitrogens with one attached hydrogen (secondary N) is 1. The summed E-state index contributed by atoms with van der Waals surface area (Å²) in [6.45, 7) is 0. The van der Waals surface area contributed by atoms with Crippen LogP contribution in [0.15, 0.2) is 77.2 Å². The second-order valence-corrected chi connectivity index (χ2v) is 7.92. The van der Waals surface area contributed by atoms with Crippen molar-refractivity contribution >= 4 is 11.9 Å². The summed E-state index contributed by atoms with van der Waals surface area (Å²) in [7, 11) is 0. The van der Waals surface area contributed by atoms with Crippen LogP contribution in [0, 0.1) is 0 Å². The summed E-state index contributed by atoms with van der Waals surface area (Å²) in [4.78, 5) is 12.6. The summed E-state index contributed by atoms with van der Waals surface area (Å²) in [6, 6.07) is 24.2. The third-order valence-electron chi connectivity index (χ3n) is 5.71. The molecular formula is C26H23N3O2. The molecule has 3 aromatic carbocycles. The highest BCUT2D eigenvalue weighted by Crippen LogP contribution is 2.27. The fourth-order valence-corrected chi connectivity index (χ4v) is 4.03. The molecule has 0 radical (unpaired) electrons. The Balaban J connectivity index is 1.25. The topological polar surface area (TPSA) is 68.0 Å². The quantitative estimate of drug-likeness (QED) is 0.475. The maximum Gasteiger partial charge on any atom is 0.322 e. The lowest BCUT2D eigenvalue weighted by molar-refractivity contribution is 0.102. The molecule has 0 atom stereocenters. The first kappa shape index (κ1) is 19.2. The van der Waals surface area contributed by atoms with Crippen molar-refractivity contribution < 1.29 is 9.21 Å². The lowest BCUT2D eigenvalue weighted by atomic mass is 9.90. The Kier molecular flexibility index (Phi) is 5.31. The number of benzene rings is 3. The number of rotatable bonds is 5. The van der Waals surface area contributed by atoms with E-state index in [2.05, 4.69) is 39.8 Å². The number of nitrogens with zero attached hydrogens (tertiary/aromatic N) is 2. The second-order valence-electron chi connectivity index (χ2n) is 7.92. The normalized spacial score (nSPS) is 12.9. The summed E-state index contributed by atoms with van der Waals surface area (Å²) < 4.78 is 5.70. The number of hydrogen-bond acceptors (Lipinski definition) is 4. The fraction of sp³-hybridized carbons (Fsp3) is 0.192. The van der Waals surface area contributed by atoms with Crippen molar-refractivity contribution in [2.45, 2.75) is 32.1 Å². The van der Waals surface area contributed by atoms with Crippen LogP contribution in [-0.4, -0.2) is 16.1 Å². The van der Waals surface area contributed by atoms with Crippen molar-refractivity contribution in [1.29, 1.82) is 0 Å². The second kappa shape index (κ2) is 8.56. The van der Waals surface area contributed by atoms with E-state index in [1.165, 1.54) is 29.5 Å². The molecule has 0 fully saturated rings. The summed E-state index contributed by atoms with van der Waals surface area (Å²) in [5.41, 5.74) is 6.57. The molecule has 0 saturated carbocycles. The van der Waals surface area contributed by atoms with Crippen molar-refractivity contribution in [3.8, 4) is 11.5 Å². The van der Waals surface area contributed by atoms with Crippen molar-refractivity contribution in [1.82, 2.24) is 10.2 Å². The van der Waals surface area contributed by atoms with Gasteiger partial charge < -0.3 is 4.42 Å². The van der Waals surface area contributed by atoms with Crippen LogP contribution in [-0.2, 0) is 19.3 Å². The Morgan fingerprint density at radius 1 is 0.839 bits per heavy atom. The number of carbonyl (C=O) groups excluding carboxylic acids is 1. The maximum absolute atomic E-state index is 12.6. The van der Waals surface area contributed by atoms with Crippen LogP contribution in [0.5, 0.6) is 0 Å². The van der Waals surface area contributed by atoms with Gasteiger partial charge in [-0.25, -0.2) is 0 Å². The van der Waals surface area contributed by atoms with Crippen LogP contribution in [0.3, 0.4) is 0 Å². The first-order valence-electron chi connectivity index (χ1n) is 10.6. The lowest BCUT2D eigenvalue weighted by Crippen LogP contribution is -2.12. The zero-order valence-corrected chi connectivity index (χ0v) is 17.2. The van der Waals surface area contributed by atoms with E-state index < -0.39 is 0 Å². The SMILES string of the molecule is O=C(Nc1nnc(-c2ccc3c(c2)CCCC3)o1)c1ccc(Cc2ccccc2)cc1. The number of anilines is 1. The predicted octanol–water partition coefficient (Wildman–Crippen LogP) is 5.46. The molecule has 1 N–H and O–H groups in total. The molecule has 0 spiro atoms. The molecule has 1 aliphatic rings. The van der Waals surface area contributed by atoms with E-state index in [1.54, 1.807) is 0 Å². The van der Waals surface area contributed by atoms with Gasteiger partial charge in [-0.2, -0.15) is 0 Å². The van der Waals surface area contributed by atoms with Crippen molar-refractivity contribution in [2.24, 2.45) is 0 Å². The largest absolute Gasteiger partial charge is 0.403 e. The Labute approximate surface area is 181 Å². The van der Waals surface area contributed by atoms with Gasteiger partial charge in [0.2, 0.25) is 5.89 Å². The predicted molar refractivity (Wildman–Crippen MR) is 120 cm³/mol. The van der Waals surface area contributed by atoms with Gasteiger partial charge in [-0.3, -0.25) is 10.1 Å². The number of hydrogen-bond donors (Lipinski definition) is 1. The molecule has 0 saturated heterocycles. The van der Waals surface area contributed by atoms with E-state index >= 15 is 0 Å². The number of carbonyl (C=O) groups is 1. The number of fused-ring (bicyclic) bond motifs is 1. The van der Waals surface area contributed by atoms with E-state index in [0.717, 1.165) is 30.4 Å². The van der Waals surface area contributed by atoms with E-state index in [9.17, 15) is 4.79 Å². The number of aromatic nitrogens is 2. The van der Waals surface area contributed by atoms with Gasteiger partial charge in [-0.15, -0.1) is 5.10 Å². The molecule has 4 aromatic rings. The fourth-order valence-electron chi connectivity index (χ4n) is 4.03. The highest BCUT2D eigenvalue weighted by molar-refractivity contribution is 6.03. The standard InChI is InChI=1S/C26H23N3O2/c30-24(21-12-10-19(11-13-21)16-18-6-2-1-3-7-18)27-26-29-28-25(31-26)23-15-14-20-8-4-5-9-22(20)17-23/h1-3,6-7,10-15,17H,4-5,8-9,16H2,(H,27,29,30). The Morgan fingerprint density at radius 3 is 2.39 bits per heavy atom. The average molecular weight is 409 g/mol. The first-order chi connectivity index (χ1) is 15.2. The molecule has 5 heteroatoms. The summed E-state index contributed by atoms with van der Waals surface area (Å²) >= 11 is 0. The van der Waals surface area contributed by atoms with E-state index in [-0.39, 0.29) is 11.9 Å². The highest BCUT2D eigenvalue weighted by Gasteiger charge is 2.15. The molecule has 0 aliphatic heterocycles. The summed E-state index contributed by atoms with van der Waals surface area (Å²) in [5.74, 6) is 0.147. The van der Waals surface area contributed by atoms with Crippen LogP contribution in [0.2, 0.25) is 0 Å². The Morgan fingerprint density at radius 2 is 1.58 bits per heavy atom. The van der Waals surface area contributed by atoms with Crippen LogP contribution in [0.1, 0.15) is 45.5 Å². The molecule has 1 amide bonds. The first-order valence-corrected chi connectivity index (χ1v) is 10.6. The molecule has 31 heavy (non-hydrogen) atoms. The Hall–Kier alpha value is -3.73. The average Bonchev–Trinajstić information content (AvgIpc) is 3.28. The molecule has 5 rings (SSSR count). The van der Waals surface area contributed by atoms with Crippen LogP contribution in [0.4, 0.5) is 6.01 Å². The third-order valence-corrected chi connectivity index (χ3v) is 5.71. The highest BCUT2D eigenvalue weighted by atomic mass is 16.4. The molecule has 1 aromatic heterocycles. The van der Waals surface area contributed by atoms with Gasteiger partial charge in [0.1, 0.15) is 0 Å².